The van der Waals surface area contributed by atoms with Crippen molar-refractivity contribution in [2.45, 2.75) is 18.9 Å². The average Bonchev–Trinajstić information content (AvgIpc) is 2.33. The molecule has 1 rings (SSSR count). The highest BCUT2D eigenvalue weighted by Crippen LogP contribution is 2.21. The second kappa shape index (κ2) is 3.71. The number of carbonyl (C=O) groups is 1. The lowest BCUT2D eigenvalue weighted by molar-refractivity contribution is -0.131. The Balaban J connectivity index is 2.53. The van der Waals surface area contributed by atoms with Crippen LogP contribution in [0.1, 0.15) is 12.8 Å². The highest BCUT2D eigenvalue weighted by molar-refractivity contribution is 14.1. The lowest BCUT2D eigenvalue weighted by atomic mass is 10.2. The van der Waals surface area contributed by atoms with Gasteiger partial charge in [-0.25, -0.2) is 3.11 Å². The summed E-state index contributed by atoms with van der Waals surface area (Å²) >= 11 is 2.23. The molecule has 1 aliphatic heterocycles. The topological polar surface area (TPSA) is 23.6 Å². The van der Waals surface area contributed by atoms with Crippen molar-refractivity contribution >= 4 is 28.8 Å². The molecule has 0 radical (unpaired) electrons. The van der Waals surface area contributed by atoms with Crippen LogP contribution in [-0.4, -0.2) is 40.6 Å². The van der Waals surface area contributed by atoms with Crippen molar-refractivity contribution in [1.82, 2.24) is 8.01 Å². The molecule has 11 heavy (non-hydrogen) atoms. The molecule has 0 bridgehead atoms. The molecule has 3 nitrogen and oxygen atoms in total. The number of rotatable bonds is 1. The van der Waals surface area contributed by atoms with Crippen molar-refractivity contribution in [2.24, 2.45) is 0 Å². The van der Waals surface area contributed by atoms with E-state index < -0.39 is 0 Å². The number of halogens is 1. The zero-order valence-corrected chi connectivity index (χ0v) is 9.04. The Labute approximate surface area is 81.2 Å². The first-order chi connectivity index (χ1) is 5.13. The van der Waals surface area contributed by atoms with Crippen LogP contribution in [0.15, 0.2) is 0 Å². The van der Waals surface area contributed by atoms with Crippen LogP contribution in [0.2, 0.25) is 0 Å². The fourth-order valence-corrected chi connectivity index (χ4v) is 2.13. The highest BCUT2D eigenvalue weighted by atomic mass is 127. The van der Waals surface area contributed by atoms with Gasteiger partial charge in [0.2, 0.25) is 5.91 Å². The van der Waals surface area contributed by atoms with Gasteiger partial charge in [0.05, 0.1) is 6.04 Å². The largest absolute Gasteiger partial charge is 0.347 e. The Hall–Kier alpha value is 0.160. The summed E-state index contributed by atoms with van der Waals surface area (Å²) in [7, 11) is 3.62. The SMILES string of the molecule is CN(C)C(=O)C1CCCN1I. The fourth-order valence-electron chi connectivity index (χ4n) is 1.27. The molecule has 1 saturated heterocycles. The molecule has 64 valence electrons. The Morgan fingerprint density at radius 1 is 1.64 bits per heavy atom. The summed E-state index contributed by atoms with van der Waals surface area (Å²) in [6.45, 7) is 1.05. The molecule has 0 aliphatic carbocycles. The van der Waals surface area contributed by atoms with E-state index in [1.165, 1.54) is 0 Å². The zero-order valence-electron chi connectivity index (χ0n) is 6.88. The Kier molecular flexibility index (Phi) is 3.12. The number of hydrogen-bond donors (Lipinski definition) is 0. The van der Waals surface area contributed by atoms with Crippen LogP contribution in [0.25, 0.3) is 0 Å². The van der Waals surface area contributed by atoms with Gasteiger partial charge in [0.15, 0.2) is 0 Å². The summed E-state index contributed by atoms with van der Waals surface area (Å²) in [5.41, 5.74) is 0. The lowest BCUT2D eigenvalue weighted by Crippen LogP contribution is -2.38. The predicted octanol–water partition coefficient (Wildman–Crippen LogP) is 0.889. The molecule has 0 spiro atoms. The van der Waals surface area contributed by atoms with Crippen LogP contribution in [0.5, 0.6) is 0 Å². The maximum absolute atomic E-state index is 11.4. The molecule has 1 aliphatic rings. The molecular formula is C7H13IN2O. The molecule has 4 heteroatoms. The molecule has 0 N–H and O–H groups in total. The van der Waals surface area contributed by atoms with E-state index in [4.69, 9.17) is 0 Å². The van der Waals surface area contributed by atoms with Crippen molar-refractivity contribution < 1.29 is 4.79 Å². The van der Waals surface area contributed by atoms with Crippen molar-refractivity contribution in [1.29, 1.82) is 0 Å². The van der Waals surface area contributed by atoms with Crippen molar-refractivity contribution in [3.8, 4) is 0 Å². The number of nitrogens with zero attached hydrogens (tertiary/aromatic N) is 2. The van der Waals surface area contributed by atoms with Gasteiger partial charge >= 0.3 is 0 Å². The van der Waals surface area contributed by atoms with Gasteiger partial charge in [-0.05, 0) is 12.8 Å². The van der Waals surface area contributed by atoms with Crippen LogP contribution < -0.4 is 0 Å². The summed E-state index contributed by atoms with van der Waals surface area (Å²) in [6, 6.07) is 0.130. The van der Waals surface area contributed by atoms with Crippen LogP contribution in [0.4, 0.5) is 0 Å². The average molecular weight is 268 g/mol. The minimum atomic E-state index is 0.130. The first-order valence-electron chi connectivity index (χ1n) is 3.76. The molecule has 0 aromatic rings. The maximum Gasteiger partial charge on any atom is 0.240 e. The van der Waals surface area contributed by atoms with Gasteiger partial charge in [-0.1, -0.05) is 0 Å². The highest BCUT2D eigenvalue weighted by Gasteiger charge is 2.29. The van der Waals surface area contributed by atoms with E-state index in [0.29, 0.717) is 0 Å². The van der Waals surface area contributed by atoms with Gasteiger partial charge in [0, 0.05) is 43.5 Å². The summed E-state index contributed by atoms with van der Waals surface area (Å²) in [6.07, 6.45) is 2.16. The zero-order chi connectivity index (χ0) is 8.43. The molecule has 0 aromatic carbocycles. The van der Waals surface area contributed by atoms with Gasteiger partial charge in [-0.15, -0.1) is 0 Å². The van der Waals surface area contributed by atoms with Gasteiger partial charge in [0.25, 0.3) is 0 Å². The standard InChI is InChI=1S/C7H13IN2O/c1-9(2)7(11)6-4-3-5-10(6)8/h6H,3-5H2,1-2H3. The molecule has 0 aromatic heterocycles. The first kappa shape index (κ1) is 9.25. The van der Waals surface area contributed by atoms with E-state index in [1.54, 1.807) is 4.90 Å². The summed E-state index contributed by atoms with van der Waals surface area (Å²) < 4.78 is 2.10. The van der Waals surface area contributed by atoms with E-state index in [2.05, 4.69) is 26.0 Å². The summed E-state index contributed by atoms with van der Waals surface area (Å²) in [5.74, 6) is 0.233. The smallest absolute Gasteiger partial charge is 0.240 e. The number of carbonyl (C=O) groups excluding carboxylic acids is 1. The van der Waals surface area contributed by atoms with E-state index in [0.717, 1.165) is 19.4 Å². The molecule has 0 saturated carbocycles. The van der Waals surface area contributed by atoms with Crippen molar-refractivity contribution in [2.75, 3.05) is 20.6 Å². The maximum atomic E-state index is 11.4. The lowest BCUT2D eigenvalue weighted by Gasteiger charge is -2.20. The van der Waals surface area contributed by atoms with Crippen LogP contribution in [-0.2, 0) is 4.79 Å². The Morgan fingerprint density at radius 2 is 2.27 bits per heavy atom. The third-order valence-corrected chi connectivity index (χ3v) is 3.07. The van der Waals surface area contributed by atoms with Gasteiger partial charge in [-0.3, -0.25) is 4.79 Å². The van der Waals surface area contributed by atoms with Gasteiger partial charge in [0.1, 0.15) is 0 Å². The summed E-state index contributed by atoms with van der Waals surface area (Å²) in [4.78, 5) is 13.1. The second-order valence-corrected chi connectivity index (χ2v) is 4.25. The van der Waals surface area contributed by atoms with E-state index in [9.17, 15) is 4.79 Å². The number of hydrogen-bond acceptors (Lipinski definition) is 2. The molecule has 1 fully saturated rings. The van der Waals surface area contributed by atoms with Crippen LogP contribution >= 0.6 is 22.9 Å². The predicted molar refractivity (Wildman–Crippen MR) is 52.4 cm³/mol. The third-order valence-electron chi connectivity index (χ3n) is 1.91. The second-order valence-electron chi connectivity index (χ2n) is 3.01. The van der Waals surface area contributed by atoms with Crippen LogP contribution in [0, 0.1) is 0 Å². The monoisotopic (exact) mass is 268 g/mol. The number of likely N-dealkylation sites (N-methyl/N-ethyl adjacent to an activating group) is 1. The van der Waals surface area contributed by atoms with E-state index >= 15 is 0 Å². The van der Waals surface area contributed by atoms with E-state index in [-0.39, 0.29) is 11.9 Å². The van der Waals surface area contributed by atoms with Crippen molar-refractivity contribution in [3.05, 3.63) is 0 Å². The van der Waals surface area contributed by atoms with E-state index in [1.807, 2.05) is 14.1 Å². The minimum Gasteiger partial charge on any atom is -0.347 e. The molecule has 1 unspecified atom stereocenters. The molecule has 1 amide bonds. The van der Waals surface area contributed by atoms with Gasteiger partial charge < -0.3 is 4.90 Å². The van der Waals surface area contributed by atoms with Crippen molar-refractivity contribution in [3.63, 3.8) is 0 Å². The van der Waals surface area contributed by atoms with Crippen LogP contribution in [0.3, 0.4) is 0 Å². The molecule has 1 atom stereocenters. The quantitative estimate of drug-likeness (QED) is 0.521. The number of amides is 1. The Bertz CT molecular complexity index is 161. The fraction of sp³-hybridized carbons (Fsp3) is 0.857. The first-order valence-corrected chi connectivity index (χ1v) is 4.73. The van der Waals surface area contributed by atoms with Gasteiger partial charge in [-0.2, -0.15) is 0 Å². The molecular weight excluding hydrogens is 255 g/mol. The third kappa shape index (κ3) is 2.05. The Morgan fingerprint density at radius 3 is 2.64 bits per heavy atom. The summed E-state index contributed by atoms with van der Waals surface area (Å²) in [5, 5.41) is 0. The molecule has 1 heterocycles. The minimum absolute atomic E-state index is 0.130. The normalized spacial score (nSPS) is 25.5.